The fourth-order valence-electron chi connectivity index (χ4n) is 4.12. The molecule has 3 rings (SSSR count). The summed E-state index contributed by atoms with van der Waals surface area (Å²) >= 11 is 0. The van der Waals surface area contributed by atoms with E-state index in [9.17, 15) is 14.7 Å². The number of carboxylic acid groups (broad SMARTS) is 1. The molecule has 142 valence electrons. The lowest BCUT2D eigenvalue weighted by Crippen LogP contribution is -2.44. The summed E-state index contributed by atoms with van der Waals surface area (Å²) in [5, 5.41) is 9.35. The molecule has 3 heterocycles. The molecule has 2 saturated heterocycles. The van der Waals surface area contributed by atoms with Crippen LogP contribution in [0.5, 0.6) is 11.8 Å². The highest BCUT2D eigenvalue weighted by Gasteiger charge is 2.47. The number of amides is 1. The Hall–Kier alpha value is -2.35. The Bertz CT molecular complexity index is 700. The second kappa shape index (κ2) is 7.11. The third-order valence-corrected chi connectivity index (χ3v) is 5.61. The lowest BCUT2D eigenvalue weighted by atomic mass is 9.76. The highest BCUT2D eigenvalue weighted by Crippen LogP contribution is 2.43. The Labute approximate surface area is 152 Å². The van der Waals surface area contributed by atoms with Gasteiger partial charge in [0, 0.05) is 25.7 Å². The molecule has 1 aromatic rings. The van der Waals surface area contributed by atoms with Crippen LogP contribution in [-0.4, -0.2) is 78.7 Å². The van der Waals surface area contributed by atoms with Crippen LogP contribution in [-0.2, 0) is 4.79 Å². The molecule has 2 aliphatic rings. The van der Waals surface area contributed by atoms with Gasteiger partial charge in [-0.1, -0.05) is 0 Å². The van der Waals surface area contributed by atoms with E-state index < -0.39 is 12.0 Å². The first-order chi connectivity index (χ1) is 12.4. The smallest absolute Gasteiger partial charge is 0.320 e. The van der Waals surface area contributed by atoms with Gasteiger partial charge in [0.05, 0.1) is 14.2 Å². The maximum Gasteiger partial charge on any atom is 0.320 e. The number of rotatable bonds is 4. The molecule has 1 unspecified atom stereocenters. The van der Waals surface area contributed by atoms with Gasteiger partial charge in [-0.15, -0.1) is 0 Å². The van der Waals surface area contributed by atoms with Crippen molar-refractivity contribution in [3.8, 4) is 11.8 Å². The molecule has 1 aromatic heterocycles. The number of likely N-dealkylation sites (N-methyl/N-ethyl adjacent to an activating group) is 1. The second-order valence-corrected chi connectivity index (χ2v) is 7.18. The average molecular weight is 363 g/mol. The molecule has 26 heavy (non-hydrogen) atoms. The van der Waals surface area contributed by atoms with Gasteiger partial charge >= 0.3 is 5.97 Å². The van der Waals surface area contributed by atoms with E-state index in [1.807, 2.05) is 11.9 Å². The average Bonchev–Trinajstić information content (AvgIpc) is 2.97. The van der Waals surface area contributed by atoms with Gasteiger partial charge < -0.3 is 19.5 Å². The lowest BCUT2D eigenvalue weighted by molar-refractivity contribution is -0.141. The molecule has 1 atom stereocenters. The van der Waals surface area contributed by atoms with E-state index in [0.717, 1.165) is 19.4 Å². The van der Waals surface area contributed by atoms with Gasteiger partial charge in [-0.05, 0) is 37.8 Å². The van der Waals surface area contributed by atoms with Crippen LogP contribution >= 0.6 is 0 Å². The Kier molecular flexibility index (Phi) is 5.04. The van der Waals surface area contributed by atoms with E-state index in [4.69, 9.17) is 9.47 Å². The fraction of sp³-hybridized carbons (Fsp3) is 0.611. The number of nitrogens with zero attached hydrogens (tertiary/aromatic N) is 3. The number of ether oxygens (including phenoxy) is 2. The summed E-state index contributed by atoms with van der Waals surface area (Å²) in [6.07, 6.45) is 2.26. The van der Waals surface area contributed by atoms with Crippen LogP contribution in [0.2, 0.25) is 0 Å². The van der Waals surface area contributed by atoms with Crippen molar-refractivity contribution in [2.45, 2.75) is 25.3 Å². The van der Waals surface area contributed by atoms with Gasteiger partial charge in [0.15, 0.2) is 0 Å². The summed E-state index contributed by atoms with van der Waals surface area (Å²) in [7, 11) is 4.85. The SMILES string of the molecule is COc1ccc(C(=O)N2CCC3(CC2)CC(C(=O)O)N(C)C3)c(OC)n1. The Morgan fingerprint density at radius 1 is 1.23 bits per heavy atom. The summed E-state index contributed by atoms with van der Waals surface area (Å²) in [4.78, 5) is 32.1. The zero-order valence-corrected chi connectivity index (χ0v) is 15.4. The van der Waals surface area contributed by atoms with Crippen molar-refractivity contribution in [2.24, 2.45) is 5.41 Å². The summed E-state index contributed by atoms with van der Waals surface area (Å²) < 4.78 is 10.3. The topological polar surface area (TPSA) is 92.2 Å². The molecule has 0 saturated carbocycles. The van der Waals surface area contributed by atoms with E-state index in [-0.39, 0.29) is 17.2 Å². The fourth-order valence-corrected chi connectivity index (χ4v) is 4.12. The predicted molar refractivity (Wildman–Crippen MR) is 93.6 cm³/mol. The monoisotopic (exact) mass is 363 g/mol. The first kappa shape index (κ1) is 18.4. The molecule has 2 fully saturated rings. The standard InChI is InChI=1S/C18H25N3O5/c1-20-11-18(10-13(20)17(23)24)6-8-21(9-7-18)16(22)12-4-5-14(25-2)19-15(12)26-3/h4-5,13H,6-11H2,1-3H3,(H,23,24). The quantitative estimate of drug-likeness (QED) is 0.857. The van der Waals surface area contributed by atoms with E-state index in [1.165, 1.54) is 14.2 Å². The zero-order chi connectivity index (χ0) is 18.9. The van der Waals surface area contributed by atoms with Crippen LogP contribution in [0.3, 0.4) is 0 Å². The maximum absolute atomic E-state index is 12.9. The minimum atomic E-state index is -0.767. The summed E-state index contributed by atoms with van der Waals surface area (Å²) in [5.74, 6) is -0.240. The lowest BCUT2D eigenvalue weighted by Gasteiger charge is -2.39. The number of aliphatic carboxylic acids is 1. The molecule has 0 bridgehead atoms. The Balaban J connectivity index is 1.69. The molecular weight excluding hydrogens is 338 g/mol. The number of likely N-dealkylation sites (tertiary alicyclic amines) is 2. The molecule has 0 aromatic carbocycles. The largest absolute Gasteiger partial charge is 0.481 e. The third kappa shape index (κ3) is 3.33. The predicted octanol–water partition coefficient (Wildman–Crippen LogP) is 1.11. The van der Waals surface area contributed by atoms with E-state index in [2.05, 4.69) is 4.98 Å². The van der Waals surface area contributed by atoms with Crippen LogP contribution in [0.25, 0.3) is 0 Å². The van der Waals surface area contributed by atoms with Gasteiger partial charge in [0.1, 0.15) is 11.6 Å². The molecule has 1 amide bonds. The van der Waals surface area contributed by atoms with Gasteiger partial charge in [0.2, 0.25) is 11.8 Å². The normalized spacial score (nSPS) is 22.4. The zero-order valence-electron chi connectivity index (χ0n) is 15.4. The molecular formula is C18H25N3O5. The van der Waals surface area contributed by atoms with E-state index in [1.54, 1.807) is 17.0 Å². The molecule has 2 aliphatic heterocycles. The van der Waals surface area contributed by atoms with Gasteiger partial charge in [0.25, 0.3) is 5.91 Å². The van der Waals surface area contributed by atoms with Crippen molar-refractivity contribution in [1.82, 2.24) is 14.8 Å². The van der Waals surface area contributed by atoms with Crippen molar-refractivity contribution >= 4 is 11.9 Å². The van der Waals surface area contributed by atoms with E-state index in [0.29, 0.717) is 31.0 Å². The Morgan fingerprint density at radius 3 is 2.46 bits per heavy atom. The highest BCUT2D eigenvalue weighted by atomic mass is 16.5. The third-order valence-electron chi connectivity index (χ3n) is 5.61. The van der Waals surface area contributed by atoms with Crippen molar-refractivity contribution in [1.29, 1.82) is 0 Å². The van der Waals surface area contributed by atoms with Crippen molar-refractivity contribution in [3.63, 3.8) is 0 Å². The van der Waals surface area contributed by atoms with Gasteiger partial charge in [-0.3, -0.25) is 14.5 Å². The number of hydrogen-bond donors (Lipinski definition) is 1. The van der Waals surface area contributed by atoms with Crippen LogP contribution in [0.15, 0.2) is 12.1 Å². The number of carbonyl (C=O) groups excluding carboxylic acids is 1. The van der Waals surface area contributed by atoms with Crippen LogP contribution in [0.1, 0.15) is 29.6 Å². The number of pyridine rings is 1. The van der Waals surface area contributed by atoms with Crippen LogP contribution in [0, 0.1) is 5.41 Å². The van der Waals surface area contributed by atoms with Gasteiger partial charge in [-0.25, -0.2) is 0 Å². The maximum atomic E-state index is 12.9. The first-order valence-electron chi connectivity index (χ1n) is 8.70. The van der Waals surface area contributed by atoms with Crippen molar-refractivity contribution < 1.29 is 24.2 Å². The number of aromatic nitrogens is 1. The molecule has 8 heteroatoms. The molecule has 1 N–H and O–H groups in total. The molecule has 1 spiro atoms. The number of hydrogen-bond acceptors (Lipinski definition) is 6. The molecule has 8 nitrogen and oxygen atoms in total. The number of carboxylic acids is 1. The van der Waals surface area contributed by atoms with Gasteiger partial charge in [-0.2, -0.15) is 4.98 Å². The van der Waals surface area contributed by atoms with Crippen LogP contribution in [0.4, 0.5) is 0 Å². The highest BCUT2D eigenvalue weighted by molar-refractivity contribution is 5.96. The Morgan fingerprint density at radius 2 is 1.92 bits per heavy atom. The summed E-state index contributed by atoms with van der Waals surface area (Å²) in [5.41, 5.74) is 0.396. The van der Waals surface area contributed by atoms with Crippen molar-refractivity contribution in [3.05, 3.63) is 17.7 Å². The number of methoxy groups -OCH3 is 2. The minimum absolute atomic E-state index is 0.0170. The number of piperidine rings is 1. The van der Waals surface area contributed by atoms with E-state index >= 15 is 0 Å². The van der Waals surface area contributed by atoms with Crippen LogP contribution < -0.4 is 9.47 Å². The second-order valence-electron chi connectivity index (χ2n) is 7.18. The number of carbonyl (C=O) groups is 2. The summed E-state index contributed by atoms with van der Waals surface area (Å²) in [6, 6.07) is 2.88. The van der Waals surface area contributed by atoms with Crippen molar-refractivity contribution in [2.75, 3.05) is 40.9 Å². The molecule has 0 aliphatic carbocycles. The first-order valence-corrected chi connectivity index (χ1v) is 8.70. The summed E-state index contributed by atoms with van der Waals surface area (Å²) in [6.45, 7) is 1.97. The molecule has 0 radical (unpaired) electrons. The minimum Gasteiger partial charge on any atom is -0.481 e.